The van der Waals surface area contributed by atoms with Gasteiger partial charge >= 0.3 is 5.97 Å². The zero-order chi connectivity index (χ0) is 21.8. The molecule has 5 heteroatoms. The first kappa shape index (κ1) is 19.9. The quantitative estimate of drug-likeness (QED) is 0.377. The minimum absolute atomic E-state index is 0.155. The molecule has 0 atom stereocenters. The molecule has 0 aliphatic rings. The standard InChI is InChI=1S/C26H19NO4/c28-22-9-4-7-18(15-22)20-14-19-6-1-2-10-23(19)24(16-20)26(31)27-21-8-3-5-17(13-21)11-12-25(29)30/h1-16,28H,(H,27,31)(H,29,30). The van der Waals surface area contributed by atoms with E-state index in [2.05, 4.69) is 5.32 Å². The molecule has 0 bridgehead atoms. The lowest BCUT2D eigenvalue weighted by atomic mass is 9.96. The van der Waals surface area contributed by atoms with E-state index in [9.17, 15) is 14.7 Å². The summed E-state index contributed by atoms with van der Waals surface area (Å²) in [7, 11) is 0. The number of fused-ring (bicyclic) bond motifs is 1. The molecule has 3 N–H and O–H groups in total. The van der Waals surface area contributed by atoms with E-state index < -0.39 is 5.97 Å². The average Bonchev–Trinajstić information content (AvgIpc) is 2.77. The third-order valence-corrected chi connectivity index (χ3v) is 4.85. The van der Waals surface area contributed by atoms with Crippen molar-refractivity contribution in [2.24, 2.45) is 0 Å². The van der Waals surface area contributed by atoms with Crippen molar-refractivity contribution < 1.29 is 19.8 Å². The maximum absolute atomic E-state index is 13.2. The van der Waals surface area contributed by atoms with E-state index in [0.29, 0.717) is 16.8 Å². The monoisotopic (exact) mass is 409 g/mol. The smallest absolute Gasteiger partial charge is 0.328 e. The fourth-order valence-electron chi connectivity index (χ4n) is 3.44. The third kappa shape index (κ3) is 4.62. The van der Waals surface area contributed by atoms with Crippen LogP contribution in [0.1, 0.15) is 15.9 Å². The second kappa shape index (κ2) is 8.55. The molecule has 5 nitrogen and oxygen atoms in total. The molecule has 0 aromatic heterocycles. The highest BCUT2D eigenvalue weighted by Gasteiger charge is 2.13. The number of rotatable bonds is 5. The lowest BCUT2D eigenvalue weighted by molar-refractivity contribution is -0.131. The van der Waals surface area contributed by atoms with E-state index in [1.165, 1.54) is 6.08 Å². The summed E-state index contributed by atoms with van der Waals surface area (Å²) in [6, 6.07) is 25.3. The highest BCUT2D eigenvalue weighted by Crippen LogP contribution is 2.30. The molecule has 0 saturated heterocycles. The van der Waals surface area contributed by atoms with Gasteiger partial charge in [-0.1, -0.05) is 48.5 Å². The maximum Gasteiger partial charge on any atom is 0.328 e. The van der Waals surface area contributed by atoms with E-state index in [1.807, 2.05) is 36.4 Å². The Balaban J connectivity index is 1.72. The number of carboxylic acid groups (broad SMARTS) is 1. The first-order valence-corrected chi connectivity index (χ1v) is 9.64. The molecule has 0 unspecified atom stereocenters. The summed E-state index contributed by atoms with van der Waals surface area (Å²) in [6.07, 6.45) is 2.52. The summed E-state index contributed by atoms with van der Waals surface area (Å²) in [5.74, 6) is -1.16. The van der Waals surface area contributed by atoms with Crippen molar-refractivity contribution in [3.05, 3.63) is 102 Å². The van der Waals surface area contributed by atoms with Gasteiger partial charge in [0.1, 0.15) is 5.75 Å². The topological polar surface area (TPSA) is 86.6 Å². The summed E-state index contributed by atoms with van der Waals surface area (Å²) in [6.45, 7) is 0. The van der Waals surface area contributed by atoms with Crippen molar-refractivity contribution in [3.8, 4) is 16.9 Å². The Morgan fingerprint density at radius 3 is 2.42 bits per heavy atom. The molecule has 0 saturated carbocycles. The summed E-state index contributed by atoms with van der Waals surface area (Å²) >= 11 is 0. The number of hydrogen-bond donors (Lipinski definition) is 3. The fourth-order valence-corrected chi connectivity index (χ4v) is 3.44. The first-order chi connectivity index (χ1) is 15.0. The van der Waals surface area contributed by atoms with E-state index in [-0.39, 0.29) is 11.7 Å². The Bertz CT molecular complexity index is 1320. The van der Waals surface area contributed by atoms with Crippen molar-refractivity contribution in [1.82, 2.24) is 0 Å². The lowest BCUT2D eigenvalue weighted by Gasteiger charge is -2.12. The molecule has 0 spiro atoms. The summed E-state index contributed by atoms with van der Waals surface area (Å²) in [4.78, 5) is 23.9. The van der Waals surface area contributed by atoms with Gasteiger partial charge < -0.3 is 15.5 Å². The molecule has 0 heterocycles. The molecule has 4 aromatic carbocycles. The van der Waals surface area contributed by atoms with E-state index in [1.54, 1.807) is 48.5 Å². The Hall–Kier alpha value is -4.38. The molecule has 4 rings (SSSR count). The van der Waals surface area contributed by atoms with E-state index in [4.69, 9.17) is 5.11 Å². The van der Waals surface area contributed by atoms with Gasteiger partial charge in [0.2, 0.25) is 0 Å². The highest BCUT2D eigenvalue weighted by atomic mass is 16.4. The normalized spacial score (nSPS) is 11.0. The number of amides is 1. The van der Waals surface area contributed by atoms with Crippen LogP contribution in [0, 0.1) is 0 Å². The molecule has 0 radical (unpaired) electrons. The molecule has 4 aromatic rings. The van der Waals surface area contributed by atoms with Crippen molar-refractivity contribution in [2.75, 3.05) is 5.32 Å². The number of phenols is 1. The molecule has 0 aliphatic carbocycles. The largest absolute Gasteiger partial charge is 0.508 e. The SMILES string of the molecule is O=C(O)C=Cc1cccc(NC(=O)c2cc(-c3cccc(O)c3)cc3ccccc23)c1. The van der Waals surface area contributed by atoms with Gasteiger partial charge in [-0.25, -0.2) is 4.79 Å². The summed E-state index contributed by atoms with van der Waals surface area (Å²) < 4.78 is 0. The number of nitrogens with one attached hydrogen (secondary N) is 1. The van der Waals surface area contributed by atoms with E-state index >= 15 is 0 Å². The van der Waals surface area contributed by atoms with Crippen LogP contribution in [0.3, 0.4) is 0 Å². The van der Waals surface area contributed by atoms with Crippen molar-refractivity contribution in [1.29, 1.82) is 0 Å². The zero-order valence-corrected chi connectivity index (χ0v) is 16.4. The van der Waals surface area contributed by atoms with Crippen LogP contribution in [-0.2, 0) is 4.79 Å². The number of hydrogen-bond acceptors (Lipinski definition) is 3. The van der Waals surface area contributed by atoms with Gasteiger partial charge in [-0.15, -0.1) is 0 Å². The number of carbonyl (C=O) groups excluding carboxylic acids is 1. The number of aromatic hydroxyl groups is 1. The van der Waals surface area contributed by atoms with Crippen LogP contribution in [0.5, 0.6) is 5.75 Å². The average molecular weight is 409 g/mol. The van der Waals surface area contributed by atoms with Crippen LogP contribution in [0.15, 0.2) is 91.0 Å². The molecular weight excluding hydrogens is 390 g/mol. The molecule has 152 valence electrons. The van der Waals surface area contributed by atoms with Crippen molar-refractivity contribution in [2.45, 2.75) is 0 Å². The summed E-state index contributed by atoms with van der Waals surface area (Å²) in [5, 5.41) is 23.3. The van der Waals surface area contributed by atoms with Crippen LogP contribution >= 0.6 is 0 Å². The van der Waals surface area contributed by atoms with Crippen LogP contribution in [0.4, 0.5) is 5.69 Å². The predicted molar refractivity (Wildman–Crippen MR) is 122 cm³/mol. The van der Waals surface area contributed by atoms with Crippen LogP contribution in [-0.4, -0.2) is 22.1 Å². The van der Waals surface area contributed by atoms with Gasteiger partial charge in [0.15, 0.2) is 0 Å². The zero-order valence-electron chi connectivity index (χ0n) is 16.4. The molecular formula is C26H19NO4. The summed E-state index contributed by atoms with van der Waals surface area (Å²) in [5.41, 5.74) is 3.35. The van der Waals surface area contributed by atoms with Crippen LogP contribution in [0.25, 0.3) is 28.0 Å². The fraction of sp³-hybridized carbons (Fsp3) is 0. The number of anilines is 1. The van der Waals surface area contributed by atoms with Gasteiger partial charge in [-0.2, -0.15) is 0 Å². The Morgan fingerprint density at radius 2 is 1.61 bits per heavy atom. The predicted octanol–water partition coefficient (Wildman–Crippen LogP) is 5.56. The minimum atomic E-state index is -1.04. The first-order valence-electron chi connectivity index (χ1n) is 9.64. The minimum Gasteiger partial charge on any atom is -0.508 e. The van der Waals surface area contributed by atoms with Gasteiger partial charge in [0, 0.05) is 17.3 Å². The Kier molecular flexibility index (Phi) is 5.49. The Morgan fingerprint density at radius 1 is 0.806 bits per heavy atom. The second-order valence-electron chi connectivity index (χ2n) is 7.05. The molecule has 0 fully saturated rings. The highest BCUT2D eigenvalue weighted by molar-refractivity contribution is 6.14. The van der Waals surface area contributed by atoms with Gasteiger partial charge in [-0.3, -0.25) is 4.79 Å². The van der Waals surface area contributed by atoms with Crippen molar-refractivity contribution >= 4 is 34.4 Å². The lowest BCUT2D eigenvalue weighted by Crippen LogP contribution is -2.12. The van der Waals surface area contributed by atoms with Gasteiger partial charge in [0.05, 0.1) is 0 Å². The van der Waals surface area contributed by atoms with Crippen molar-refractivity contribution in [3.63, 3.8) is 0 Å². The van der Waals surface area contributed by atoms with E-state index in [0.717, 1.165) is 28.0 Å². The van der Waals surface area contributed by atoms with Crippen LogP contribution in [0.2, 0.25) is 0 Å². The van der Waals surface area contributed by atoms with Gasteiger partial charge in [-0.05, 0) is 69.9 Å². The number of carbonyl (C=O) groups is 2. The maximum atomic E-state index is 13.2. The number of phenolic OH excluding ortho intramolecular Hbond substituents is 1. The number of carboxylic acids is 1. The number of benzene rings is 4. The molecule has 1 amide bonds. The Labute approximate surface area is 178 Å². The number of aliphatic carboxylic acids is 1. The van der Waals surface area contributed by atoms with Crippen LogP contribution < -0.4 is 5.32 Å². The molecule has 31 heavy (non-hydrogen) atoms. The second-order valence-corrected chi connectivity index (χ2v) is 7.05. The molecule has 0 aliphatic heterocycles. The van der Waals surface area contributed by atoms with Gasteiger partial charge in [0.25, 0.3) is 5.91 Å². The third-order valence-electron chi connectivity index (χ3n) is 4.85.